The summed E-state index contributed by atoms with van der Waals surface area (Å²) in [6, 6.07) is 0. The van der Waals surface area contributed by atoms with Crippen molar-refractivity contribution in [3.05, 3.63) is 0 Å². The molecule has 0 atom stereocenters. The summed E-state index contributed by atoms with van der Waals surface area (Å²) in [7, 11) is 4.82. The van der Waals surface area contributed by atoms with E-state index in [-0.39, 0.29) is 29.9 Å². The van der Waals surface area contributed by atoms with E-state index in [2.05, 4.69) is 20.4 Å². The van der Waals surface area contributed by atoms with Crippen molar-refractivity contribution in [1.29, 1.82) is 0 Å². The zero-order valence-corrected chi connectivity index (χ0v) is 14.4. The van der Waals surface area contributed by atoms with Crippen LogP contribution in [0, 0.1) is 0 Å². The summed E-state index contributed by atoms with van der Waals surface area (Å²) in [5.74, 6) is 0.639. The van der Waals surface area contributed by atoms with Gasteiger partial charge in [-0.1, -0.05) is 6.42 Å². The van der Waals surface area contributed by atoms with E-state index in [9.17, 15) is 4.79 Å². The molecule has 0 heterocycles. The molecule has 0 aliphatic heterocycles. The summed E-state index contributed by atoms with van der Waals surface area (Å²) in [4.78, 5) is 15.0. The fourth-order valence-corrected chi connectivity index (χ4v) is 1.37. The number of carbonyl (C=O) groups is 1. The molecule has 0 bridgehead atoms. The molecule has 0 aliphatic rings. The third kappa shape index (κ3) is 13.7. The van der Waals surface area contributed by atoms with Crippen LogP contribution < -0.4 is 10.6 Å². The lowest BCUT2D eigenvalue weighted by molar-refractivity contribution is -0.140. The monoisotopic (exact) mass is 387 g/mol. The van der Waals surface area contributed by atoms with Gasteiger partial charge in [0.2, 0.25) is 0 Å². The van der Waals surface area contributed by atoms with Crippen molar-refractivity contribution in [3.8, 4) is 0 Å². The standard InChI is InChI=1S/C12H25N3O3.HI/c1-13-12(15-9-10-17-2)14-8-6-4-5-7-11(16)18-3;/h4-10H2,1-3H3,(H2,13,14,15);1H. The molecule has 0 unspecified atom stereocenters. The van der Waals surface area contributed by atoms with Crippen molar-refractivity contribution in [1.82, 2.24) is 10.6 Å². The Balaban J connectivity index is 0. The maximum atomic E-state index is 10.9. The summed E-state index contributed by atoms with van der Waals surface area (Å²) in [6.45, 7) is 2.23. The third-order valence-electron chi connectivity index (χ3n) is 2.40. The number of aliphatic imine (C=N–C) groups is 1. The molecule has 0 rings (SSSR count). The van der Waals surface area contributed by atoms with Gasteiger partial charge in [-0.25, -0.2) is 0 Å². The molecule has 0 fully saturated rings. The lowest BCUT2D eigenvalue weighted by Crippen LogP contribution is -2.39. The molecule has 0 radical (unpaired) electrons. The van der Waals surface area contributed by atoms with Crippen molar-refractivity contribution in [2.75, 3.05) is 41.0 Å². The average Bonchev–Trinajstić information content (AvgIpc) is 2.40. The molecule has 0 saturated carbocycles. The summed E-state index contributed by atoms with van der Waals surface area (Å²) >= 11 is 0. The number of nitrogens with zero attached hydrogens (tertiary/aromatic N) is 1. The van der Waals surface area contributed by atoms with Gasteiger partial charge in [0.1, 0.15) is 0 Å². The fourth-order valence-electron chi connectivity index (χ4n) is 1.37. The first-order valence-electron chi connectivity index (χ1n) is 6.24. The Morgan fingerprint density at radius 2 is 1.79 bits per heavy atom. The number of carbonyl (C=O) groups excluding carboxylic acids is 1. The lowest BCUT2D eigenvalue weighted by atomic mass is 10.2. The minimum Gasteiger partial charge on any atom is -0.469 e. The molecule has 0 aliphatic carbocycles. The Hall–Kier alpha value is -0.570. The molecule has 0 spiro atoms. The minimum absolute atomic E-state index is 0. The van der Waals surface area contributed by atoms with Crippen molar-refractivity contribution in [3.63, 3.8) is 0 Å². The van der Waals surface area contributed by atoms with Gasteiger partial charge in [0.15, 0.2) is 5.96 Å². The summed E-state index contributed by atoms with van der Waals surface area (Å²) < 4.78 is 9.51. The maximum absolute atomic E-state index is 10.9. The number of unbranched alkanes of at least 4 members (excludes halogenated alkanes) is 2. The number of methoxy groups -OCH3 is 2. The molecule has 114 valence electrons. The van der Waals surface area contributed by atoms with E-state index < -0.39 is 0 Å². The summed E-state index contributed by atoms with van der Waals surface area (Å²) in [5, 5.41) is 6.33. The Bertz CT molecular complexity index is 250. The zero-order valence-electron chi connectivity index (χ0n) is 12.0. The topological polar surface area (TPSA) is 72.0 Å². The number of halogens is 1. The van der Waals surface area contributed by atoms with Crippen LogP contribution in [-0.4, -0.2) is 52.9 Å². The van der Waals surface area contributed by atoms with Crippen LogP contribution in [0.1, 0.15) is 25.7 Å². The second kappa shape index (κ2) is 15.5. The van der Waals surface area contributed by atoms with Crippen LogP contribution in [0.25, 0.3) is 0 Å². The number of hydrogen-bond acceptors (Lipinski definition) is 4. The van der Waals surface area contributed by atoms with Gasteiger partial charge in [0, 0.05) is 33.7 Å². The van der Waals surface area contributed by atoms with Crippen LogP contribution >= 0.6 is 24.0 Å². The lowest BCUT2D eigenvalue weighted by Gasteiger charge is -2.11. The van der Waals surface area contributed by atoms with E-state index in [1.807, 2.05) is 0 Å². The number of guanidine groups is 1. The van der Waals surface area contributed by atoms with Crippen LogP contribution in [0.15, 0.2) is 4.99 Å². The normalized spacial score (nSPS) is 10.6. The van der Waals surface area contributed by atoms with Gasteiger partial charge in [-0.15, -0.1) is 24.0 Å². The summed E-state index contributed by atoms with van der Waals surface area (Å²) in [5.41, 5.74) is 0. The molecule has 2 N–H and O–H groups in total. The van der Waals surface area contributed by atoms with E-state index in [1.54, 1.807) is 14.2 Å². The van der Waals surface area contributed by atoms with E-state index in [0.29, 0.717) is 13.0 Å². The van der Waals surface area contributed by atoms with Crippen molar-refractivity contribution in [2.24, 2.45) is 4.99 Å². The molecular weight excluding hydrogens is 361 g/mol. The SMILES string of the molecule is CN=C(NCCCCCC(=O)OC)NCCOC.I. The number of nitrogens with one attached hydrogen (secondary N) is 2. The van der Waals surface area contributed by atoms with Crippen LogP contribution in [0.2, 0.25) is 0 Å². The molecule has 0 aromatic carbocycles. The van der Waals surface area contributed by atoms with Gasteiger partial charge >= 0.3 is 5.97 Å². The predicted molar refractivity (Wildman–Crippen MR) is 87.1 cm³/mol. The largest absolute Gasteiger partial charge is 0.469 e. The molecule has 0 aromatic rings. The number of esters is 1. The van der Waals surface area contributed by atoms with Crippen molar-refractivity contribution >= 4 is 35.9 Å². The quantitative estimate of drug-likeness (QED) is 0.204. The first-order chi connectivity index (χ1) is 8.74. The van der Waals surface area contributed by atoms with Gasteiger partial charge in [-0.05, 0) is 12.8 Å². The zero-order chi connectivity index (χ0) is 13.6. The highest BCUT2D eigenvalue weighted by Gasteiger charge is 1.99. The first kappa shape index (κ1) is 20.7. The van der Waals surface area contributed by atoms with E-state index in [4.69, 9.17) is 4.74 Å². The van der Waals surface area contributed by atoms with Crippen molar-refractivity contribution < 1.29 is 14.3 Å². The second-order valence-electron chi connectivity index (χ2n) is 3.81. The van der Waals surface area contributed by atoms with Gasteiger partial charge < -0.3 is 20.1 Å². The van der Waals surface area contributed by atoms with Crippen molar-refractivity contribution in [2.45, 2.75) is 25.7 Å². The molecule has 19 heavy (non-hydrogen) atoms. The van der Waals surface area contributed by atoms with Crippen LogP contribution in [-0.2, 0) is 14.3 Å². The van der Waals surface area contributed by atoms with Crippen LogP contribution in [0.5, 0.6) is 0 Å². The highest BCUT2D eigenvalue weighted by Crippen LogP contribution is 1.99. The number of hydrogen-bond donors (Lipinski definition) is 2. The molecule has 0 saturated heterocycles. The molecular formula is C12H26IN3O3. The number of ether oxygens (including phenoxy) is 2. The predicted octanol–water partition coefficient (Wildman–Crippen LogP) is 1.15. The van der Waals surface area contributed by atoms with E-state index in [0.717, 1.165) is 38.3 Å². The first-order valence-corrected chi connectivity index (χ1v) is 6.24. The Morgan fingerprint density at radius 3 is 2.37 bits per heavy atom. The highest BCUT2D eigenvalue weighted by atomic mass is 127. The molecule has 7 heteroatoms. The number of rotatable bonds is 9. The maximum Gasteiger partial charge on any atom is 0.305 e. The molecule has 0 aromatic heterocycles. The van der Waals surface area contributed by atoms with E-state index in [1.165, 1.54) is 7.11 Å². The van der Waals surface area contributed by atoms with E-state index >= 15 is 0 Å². The Morgan fingerprint density at radius 1 is 1.11 bits per heavy atom. The average molecular weight is 387 g/mol. The summed E-state index contributed by atoms with van der Waals surface area (Å²) in [6.07, 6.45) is 3.36. The molecule has 6 nitrogen and oxygen atoms in total. The highest BCUT2D eigenvalue weighted by molar-refractivity contribution is 14.0. The van der Waals surface area contributed by atoms with Gasteiger partial charge in [0.25, 0.3) is 0 Å². The third-order valence-corrected chi connectivity index (χ3v) is 2.40. The minimum atomic E-state index is -0.139. The van der Waals surface area contributed by atoms with Crippen LogP contribution in [0.3, 0.4) is 0 Å². The Labute approximate surface area is 132 Å². The fraction of sp³-hybridized carbons (Fsp3) is 0.833. The smallest absolute Gasteiger partial charge is 0.305 e. The van der Waals surface area contributed by atoms with Gasteiger partial charge in [-0.2, -0.15) is 0 Å². The molecule has 0 amide bonds. The van der Waals surface area contributed by atoms with Crippen LogP contribution in [0.4, 0.5) is 0 Å². The van der Waals surface area contributed by atoms with Gasteiger partial charge in [0.05, 0.1) is 13.7 Å². The van der Waals surface area contributed by atoms with Gasteiger partial charge in [-0.3, -0.25) is 9.79 Å². The Kier molecular flexibility index (Phi) is 16.9. The second-order valence-corrected chi connectivity index (χ2v) is 3.81.